The Morgan fingerprint density at radius 1 is 1.12 bits per heavy atom. The van der Waals surface area contributed by atoms with E-state index < -0.39 is 29.6 Å². The molecule has 218 valence electrons. The number of nitrogens with zero attached hydrogens (tertiary/aromatic N) is 2. The van der Waals surface area contributed by atoms with Crippen molar-refractivity contribution in [3.63, 3.8) is 0 Å². The smallest absolute Gasteiger partial charge is 0.408 e. The Morgan fingerprint density at radius 2 is 1.88 bits per heavy atom. The van der Waals surface area contributed by atoms with E-state index in [2.05, 4.69) is 20.6 Å². The lowest BCUT2D eigenvalue weighted by Crippen LogP contribution is -2.34. The Hall–Kier alpha value is -4.61. The summed E-state index contributed by atoms with van der Waals surface area (Å²) in [6, 6.07) is 8.89. The number of carbonyl (C=O) groups is 3. The molecule has 4 rings (SSSR count). The molecule has 2 aromatic heterocycles. The molecule has 1 aliphatic carbocycles. The molecule has 0 spiro atoms. The minimum Gasteiger partial charge on any atom is -0.493 e. The van der Waals surface area contributed by atoms with Crippen molar-refractivity contribution in [1.82, 2.24) is 20.6 Å². The van der Waals surface area contributed by atoms with E-state index in [-0.39, 0.29) is 29.6 Å². The summed E-state index contributed by atoms with van der Waals surface area (Å²) >= 11 is 0. The van der Waals surface area contributed by atoms with Crippen molar-refractivity contribution in [2.24, 2.45) is 5.92 Å². The van der Waals surface area contributed by atoms with Crippen LogP contribution in [0.2, 0.25) is 0 Å². The number of carboxylic acid groups (broad SMARTS) is 1. The van der Waals surface area contributed by atoms with Gasteiger partial charge in [-0.25, -0.2) is 19.6 Å². The fourth-order valence-corrected chi connectivity index (χ4v) is 3.83. The van der Waals surface area contributed by atoms with Crippen LogP contribution in [0.3, 0.4) is 0 Å². The maximum atomic E-state index is 13.3. The van der Waals surface area contributed by atoms with Gasteiger partial charge in [0.05, 0.1) is 32.0 Å². The fourth-order valence-electron chi connectivity index (χ4n) is 3.83. The van der Waals surface area contributed by atoms with Crippen molar-refractivity contribution in [3.05, 3.63) is 59.2 Å². The zero-order valence-corrected chi connectivity index (χ0v) is 23.6. The molecule has 3 aromatic rings. The lowest BCUT2D eigenvalue weighted by molar-refractivity contribution is 0.0500. The van der Waals surface area contributed by atoms with Crippen LogP contribution in [0.5, 0.6) is 11.5 Å². The number of aromatic carboxylic acids is 1. The van der Waals surface area contributed by atoms with Crippen LogP contribution in [0.15, 0.2) is 40.8 Å². The maximum Gasteiger partial charge on any atom is 0.408 e. The summed E-state index contributed by atoms with van der Waals surface area (Å²) in [5.74, 6) is 0.0529. The van der Waals surface area contributed by atoms with E-state index in [1.54, 1.807) is 59.1 Å². The van der Waals surface area contributed by atoms with Crippen molar-refractivity contribution in [2.75, 3.05) is 13.7 Å². The van der Waals surface area contributed by atoms with Crippen molar-refractivity contribution < 1.29 is 38.1 Å². The highest BCUT2D eigenvalue weighted by atomic mass is 16.6. The van der Waals surface area contributed by atoms with Crippen LogP contribution in [0, 0.1) is 5.92 Å². The average molecular weight is 567 g/mol. The molecular formula is C29H34N4O8. The van der Waals surface area contributed by atoms with Gasteiger partial charge in [-0.1, -0.05) is 6.07 Å². The fraction of sp³-hybridized carbons (Fsp3) is 0.414. The second-order valence-corrected chi connectivity index (χ2v) is 10.7. The third-order valence-corrected chi connectivity index (χ3v) is 6.03. The summed E-state index contributed by atoms with van der Waals surface area (Å²) in [4.78, 5) is 45.5. The lowest BCUT2D eigenvalue weighted by Gasteiger charge is -2.21. The molecule has 1 atom stereocenters. The maximum absolute atomic E-state index is 13.3. The number of nitrogens with one attached hydrogen (secondary N) is 2. The van der Waals surface area contributed by atoms with Gasteiger partial charge in [-0.3, -0.25) is 4.79 Å². The van der Waals surface area contributed by atoms with Crippen molar-refractivity contribution in [3.8, 4) is 23.0 Å². The second kappa shape index (κ2) is 12.3. The molecule has 1 aromatic carbocycles. The molecule has 3 N–H and O–H groups in total. The molecule has 2 amide bonds. The van der Waals surface area contributed by atoms with Gasteiger partial charge in [-0.05, 0) is 76.8 Å². The van der Waals surface area contributed by atoms with Gasteiger partial charge in [0.1, 0.15) is 11.3 Å². The van der Waals surface area contributed by atoms with Crippen LogP contribution in [-0.4, -0.2) is 52.4 Å². The van der Waals surface area contributed by atoms with Crippen LogP contribution in [0.4, 0.5) is 4.79 Å². The van der Waals surface area contributed by atoms with Crippen LogP contribution >= 0.6 is 0 Å². The van der Waals surface area contributed by atoms with E-state index in [0.717, 1.165) is 12.8 Å². The van der Waals surface area contributed by atoms with Crippen molar-refractivity contribution in [2.45, 2.75) is 58.7 Å². The summed E-state index contributed by atoms with van der Waals surface area (Å²) in [6.07, 6.45) is 1.56. The van der Waals surface area contributed by atoms with Gasteiger partial charge in [0.15, 0.2) is 23.0 Å². The number of alkyl carbamates (subject to hydrolysis) is 1. The van der Waals surface area contributed by atoms with Gasteiger partial charge < -0.3 is 34.4 Å². The van der Waals surface area contributed by atoms with Gasteiger partial charge in [0.2, 0.25) is 5.89 Å². The van der Waals surface area contributed by atoms with Gasteiger partial charge in [-0.2, -0.15) is 0 Å². The summed E-state index contributed by atoms with van der Waals surface area (Å²) < 4.78 is 22.8. The molecule has 41 heavy (non-hydrogen) atoms. The Bertz CT molecular complexity index is 1420. The number of rotatable bonds is 11. The first-order valence-corrected chi connectivity index (χ1v) is 13.2. The number of hydrogen-bond acceptors (Lipinski definition) is 9. The molecule has 1 aliphatic rings. The topological polar surface area (TPSA) is 162 Å². The molecule has 1 saturated carbocycles. The predicted molar refractivity (Wildman–Crippen MR) is 147 cm³/mol. The molecule has 0 bridgehead atoms. The monoisotopic (exact) mass is 566 g/mol. The minimum atomic E-state index is -1.18. The Labute approximate surface area is 237 Å². The zero-order chi connectivity index (χ0) is 29.7. The molecule has 0 unspecified atom stereocenters. The first-order valence-electron chi connectivity index (χ1n) is 13.2. The number of amides is 2. The number of ether oxygens (including phenoxy) is 3. The normalized spacial score (nSPS) is 13.7. The predicted octanol–water partition coefficient (Wildman–Crippen LogP) is 4.75. The molecule has 0 saturated heterocycles. The van der Waals surface area contributed by atoms with Gasteiger partial charge in [0.25, 0.3) is 5.91 Å². The second-order valence-electron chi connectivity index (χ2n) is 10.7. The summed E-state index contributed by atoms with van der Waals surface area (Å²) in [5.41, 5.74) is -0.0494. The summed E-state index contributed by atoms with van der Waals surface area (Å²) in [6.45, 7) is 7.37. The van der Waals surface area contributed by atoms with E-state index in [4.69, 9.17) is 18.6 Å². The minimum absolute atomic E-state index is 0.0584. The SMILES string of the molecule is COc1ccc(-c2nc(C(=O)NCc3cccc(C(=O)O)n3)c([C@H](C)NC(=O)OC(C)(C)C)o2)cc1OCC1CC1. The molecule has 0 radical (unpaired) electrons. The number of carbonyl (C=O) groups excluding carboxylic acids is 2. The summed E-state index contributed by atoms with van der Waals surface area (Å²) in [7, 11) is 1.55. The van der Waals surface area contributed by atoms with E-state index in [9.17, 15) is 19.5 Å². The first-order chi connectivity index (χ1) is 19.4. The zero-order valence-electron chi connectivity index (χ0n) is 23.6. The third-order valence-electron chi connectivity index (χ3n) is 6.03. The molecule has 12 heteroatoms. The van der Waals surface area contributed by atoms with Crippen molar-refractivity contribution in [1.29, 1.82) is 0 Å². The molecule has 2 heterocycles. The van der Waals surface area contributed by atoms with E-state index in [0.29, 0.717) is 35.3 Å². The third kappa shape index (κ3) is 7.96. The number of carboxylic acids is 1. The number of methoxy groups -OCH3 is 1. The van der Waals surface area contributed by atoms with Crippen LogP contribution in [0.1, 0.15) is 79.0 Å². The molecule has 12 nitrogen and oxygen atoms in total. The van der Waals surface area contributed by atoms with E-state index in [1.807, 2.05) is 0 Å². The Balaban J connectivity index is 1.62. The number of aromatic nitrogens is 2. The summed E-state index contributed by atoms with van der Waals surface area (Å²) in [5, 5.41) is 14.6. The van der Waals surface area contributed by atoms with Crippen LogP contribution < -0.4 is 20.1 Å². The Kier molecular flexibility index (Phi) is 8.80. The number of oxazole rings is 1. The average Bonchev–Trinajstić information content (AvgIpc) is 3.64. The van der Waals surface area contributed by atoms with Gasteiger partial charge in [-0.15, -0.1) is 0 Å². The number of benzene rings is 1. The quantitative estimate of drug-likeness (QED) is 0.295. The first kappa shape index (κ1) is 29.4. The van der Waals surface area contributed by atoms with Gasteiger partial charge >= 0.3 is 12.1 Å². The highest BCUT2D eigenvalue weighted by molar-refractivity contribution is 5.94. The largest absolute Gasteiger partial charge is 0.493 e. The molecule has 1 fully saturated rings. The van der Waals surface area contributed by atoms with Crippen molar-refractivity contribution >= 4 is 18.0 Å². The lowest BCUT2D eigenvalue weighted by atomic mass is 10.2. The molecule has 0 aliphatic heterocycles. The highest BCUT2D eigenvalue weighted by Crippen LogP contribution is 2.36. The number of hydrogen-bond donors (Lipinski definition) is 3. The van der Waals surface area contributed by atoms with Crippen LogP contribution in [0.25, 0.3) is 11.5 Å². The van der Waals surface area contributed by atoms with E-state index in [1.165, 1.54) is 12.1 Å². The van der Waals surface area contributed by atoms with E-state index >= 15 is 0 Å². The molecular weight excluding hydrogens is 532 g/mol. The number of pyridine rings is 1. The van der Waals surface area contributed by atoms with Crippen LogP contribution in [-0.2, 0) is 11.3 Å². The highest BCUT2D eigenvalue weighted by Gasteiger charge is 2.28. The van der Waals surface area contributed by atoms with Gasteiger partial charge in [0, 0.05) is 5.56 Å². The standard InChI is InChI=1S/C29H34N4O8/c1-16(31-28(37)41-29(2,3)4)24-23(25(34)30-14-19-7-6-8-20(32-19)27(35)36)33-26(40-24)18-11-12-21(38-5)22(13-18)39-15-17-9-10-17/h6-8,11-13,16-17H,9-10,14-15H2,1-5H3,(H,30,34)(H,31,37)(H,35,36)/t16-/m0/s1. The Morgan fingerprint density at radius 3 is 2.54 bits per heavy atom.